The summed E-state index contributed by atoms with van der Waals surface area (Å²) in [6.45, 7) is 0.241. The summed E-state index contributed by atoms with van der Waals surface area (Å²) in [7, 11) is 0. The number of rotatable bonds is 4. The monoisotopic (exact) mass is 241 g/mol. The summed E-state index contributed by atoms with van der Waals surface area (Å²) < 4.78 is 5.78. The number of benzene rings is 1. The van der Waals surface area contributed by atoms with Gasteiger partial charge < -0.3 is 9.52 Å². The van der Waals surface area contributed by atoms with E-state index in [4.69, 9.17) is 9.52 Å². The second-order valence-corrected chi connectivity index (χ2v) is 4.45. The maximum absolute atomic E-state index is 8.78. The fraction of sp³-hybridized carbons (Fsp3) is 0.267. The summed E-state index contributed by atoms with van der Waals surface area (Å²) in [5.41, 5.74) is 1.83. The predicted molar refractivity (Wildman–Crippen MR) is 71.5 cm³/mol. The Kier molecular flexibility index (Phi) is 2.99. The first-order valence-corrected chi connectivity index (χ1v) is 6.25. The molecule has 3 aromatic rings. The molecule has 0 bridgehead atoms. The van der Waals surface area contributed by atoms with Crippen LogP contribution in [0.15, 0.2) is 40.9 Å². The topological polar surface area (TPSA) is 46.3 Å². The van der Waals surface area contributed by atoms with Gasteiger partial charge in [-0.3, -0.25) is 4.98 Å². The van der Waals surface area contributed by atoms with Crippen molar-refractivity contribution in [3.8, 4) is 0 Å². The molecule has 0 saturated carbocycles. The Labute approximate surface area is 105 Å². The van der Waals surface area contributed by atoms with Gasteiger partial charge in [0.1, 0.15) is 5.76 Å². The molecule has 0 aliphatic carbocycles. The standard InChI is InChI=1S/C15H15NO2/c17-8-4-3-5-11-9-13-12-6-1-2-7-14(12)16-10-15(13)18-11/h1-2,6-7,9-10,17H,3-5,8H2. The van der Waals surface area contributed by atoms with Gasteiger partial charge in [-0.05, 0) is 25.0 Å². The predicted octanol–water partition coefficient (Wildman–Crippen LogP) is 3.30. The largest absolute Gasteiger partial charge is 0.459 e. The number of pyridine rings is 1. The van der Waals surface area contributed by atoms with Gasteiger partial charge in [-0.25, -0.2) is 0 Å². The van der Waals surface area contributed by atoms with Crippen LogP contribution >= 0.6 is 0 Å². The summed E-state index contributed by atoms with van der Waals surface area (Å²) in [6.07, 6.45) is 4.41. The first kappa shape index (κ1) is 11.2. The van der Waals surface area contributed by atoms with Crippen molar-refractivity contribution in [3.63, 3.8) is 0 Å². The second kappa shape index (κ2) is 4.78. The van der Waals surface area contributed by atoms with Crippen molar-refractivity contribution >= 4 is 21.9 Å². The molecule has 1 N–H and O–H groups in total. The third-order valence-corrected chi connectivity index (χ3v) is 3.16. The van der Waals surface area contributed by atoms with Crippen molar-refractivity contribution in [1.29, 1.82) is 0 Å². The minimum absolute atomic E-state index is 0.241. The maximum atomic E-state index is 8.78. The average molecular weight is 241 g/mol. The van der Waals surface area contributed by atoms with E-state index in [1.54, 1.807) is 6.20 Å². The molecule has 2 heterocycles. The number of aromatic nitrogens is 1. The molecule has 0 aliphatic heterocycles. The van der Waals surface area contributed by atoms with Crippen LogP contribution in [0.3, 0.4) is 0 Å². The normalized spacial score (nSPS) is 11.4. The van der Waals surface area contributed by atoms with Gasteiger partial charge in [0, 0.05) is 23.8 Å². The molecule has 0 fully saturated rings. The molecule has 0 radical (unpaired) electrons. The number of hydrogen-bond donors (Lipinski definition) is 1. The Morgan fingerprint density at radius 3 is 2.89 bits per heavy atom. The Hall–Kier alpha value is -1.87. The number of furan rings is 1. The van der Waals surface area contributed by atoms with Crippen LogP contribution in [0.5, 0.6) is 0 Å². The maximum Gasteiger partial charge on any atom is 0.153 e. The lowest BCUT2D eigenvalue weighted by Gasteiger charge is -1.95. The van der Waals surface area contributed by atoms with Gasteiger partial charge in [0.05, 0.1) is 11.7 Å². The molecular formula is C15H15NO2. The zero-order chi connectivity index (χ0) is 12.4. The number of hydrogen-bond acceptors (Lipinski definition) is 3. The third-order valence-electron chi connectivity index (χ3n) is 3.16. The molecule has 0 spiro atoms. The number of fused-ring (bicyclic) bond motifs is 3. The van der Waals surface area contributed by atoms with E-state index in [9.17, 15) is 0 Å². The number of para-hydroxylation sites is 1. The van der Waals surface area contributed by atoms with Crippen LogP contribution in [0.4, 0.5) is 0 Å². The number of unbranched alkanes of at least 4 members (excludes halogenated alkanes) is 1. The lowest BCUT2D eigenvalue weighted by Crippen LogP contribution is -1.85. The fourth-order valence-electron chi connectivity index (χ4n) is 2.24. The molecule has 18 heavy (non-hydrogen) atoms. The summed E-state index contributed by atoms with van der Waals surface area (Å²) >= 11 is 0. The van der Waals surface area contributed by atoms with Gasteiger partial charge in [-0.1, -0.05) is 18.2 Å². The van der Waals surface area contributed by atoms with Crippen molar-refractivity contribution in [1.82, 2.24) is 4.98 Å². The number of nitrogens with zero attached hydrogens (tertiary/aromatic N) is 1. The Morgan fingerprint density at radius 1 is 1.11 bits per heavy atom. The zero-order valence-corrected chi connectivity index (χ0v) is 10.1. The minimum atomic E-state index is 0.241. The van der Waals surface area contributed by atoms with Crippen LogP contribution in [-0.4, -0.2) is 16.7 Å². The molecule has 0 atom stereocenters. The van der Waals surface area contributed by atoms with Crippen molar-refractivity contribution in [2.24, 2.45) is 0 Å². The highest BCUT2D eigenvalue weighted by atomic mass is 16.3. The molecular weight excluding hydrogens is 226 g/mol. The molecule has 3 rings (SSSR count). The molecule has 0 amide bonds. The molecule has 92 valence electrons. The SMILES string of the molecule is OCCCCc1cc2c(cnc3ccccc32)o1. The summed E-state index contributed by atoms with van der Waals surface area (Å²) in [5, 5.41) is 11.0. The number of aliphatic hydroxyl groups excluding tert-OH is 1. The molecule has 0 aliphatic rings. The highest BCUT2D eigenvalue weighted by Crippen LogP contribution is 2.27. The minimum Gasteiger partial charge on any atom is -0.459 e. The second-order valence-electron chi connectivity index (χ2n) is 4.45. The average Bonchev–Trinajstić information content (AvgIpc) is 2.82. The summed E-state index contributed by atoms with van der Waals surface area (Å²) in [5.74, 6) is 0.969. The highest BCUT2D eigenvalue weighted by molar-refractivity contribution is 6.03. The van der Waals surface area contributed by atoms with E-state index < -0.39 is 0 Å². The van der Waals surface area contributed by atoms with Gasteiger partial charge in [-0.2, -0.15) is 0 Å². The van der Waals surface area contributed by atoms with E-state index in [0.29, 0.717) is 0 Å². The van der Waals surface area contributed by atoms with Crippen molar-refractivity contribution < 1.29 is 9.52 Å². The summed E-state index contributed by atoms with van der Waals surface area (Å²) in [6, 6.07) is 10.2. The zero-order valence-electron chi connectivity index (χ0n) is 10.1. The Morgan fingerprint density at radius 2 is 2.00 bits per heavy atom. The van der Waals surface area contributed by atoms with Crippen LogP contribution in [0, 0.1) is 0 Å². The van der Waals surface area contributed by atoms with Gasteiger partial charge >= 0.3 is 0 Å². The number of aliphatic hydroxyl groups is 1. The summed E-state index contributed by atoms with van der Waals surface area (Å²) in [4.78, 5) is 4.39. The molecule has 0 saturated heterocycles. The van der Waals surface area contributed by atoms with E-state index in [1.165, 1.54) is 0 Å². The van der Waals surface area contributed by atoms with Crippen molar-refractivity contribution in [2.75, 3.05) is 6.61 Å². The van der Waals surface area contributed by atoms with E-state index >= 15 is 0 Å². The van der Waals surface area contributed by atoms with Crippen LogP contribution in [0.2, 0.25) is 0 Å². The molecule has 1 aromatic carbocycles. The van der Waals surface area contributed by atoms with Gasteiger partial charge in [-0.15, -0.1) is 0 Å². The van der Waals surface area contributed by atoms with Crippen LogP contribution in [0.1, 0.15) is 18.6 Å². The molecule has 2 aromatic heterocycles. The highest BCUT2D eigenvalue weighted by Gasteiger charge is 2.07. The molecule has 3 nitrogen and oxygen atoms in total. The fourth-order valence-corrected chi connectivity index (χ4v) is 2.24. The quantitative estimate of drug-likeness (QED) is 0.713. The first-order valence-electron chi connectivity index (χ1n) is 6.25. The Bertz CT molecular complexity index is 672. The lowest BCUT2D eigenvalue weighted by atomic mass is 10.1. The van der Waals surface area contributed by atoms with Gasteiger partial charge in [0.25, 0.3) is 0 Å². The van der Waals surface area contributed by atoms with E-state index in [1.807, 2.05) is 18.2 Å². The first-order chi connectivity index (χ1) is 8.88. The lowest BCUT2D eigenvalue weighted by molar-refractivity contribution is 0.283. The van der Waals surface area contributed by atoms with Gasteiger partial charge in [0.2, 0.25) is 0 Å². The van der Waals surface area contributed by atoms with Crippen LogP contribution in [-0.2, 0) is 6.42 Å². The van der Waals surface area contributed by atoms with Crippen LogP contribution in [0.25, 0.3) is 21.9 Å². The van der Waals surface area contributed by atoms with Crippen molar-refractivity contribution in [2.45, 2.75) is 19.3 Å². The van der Waals surface area contributed by atoms with E-state index in [-0.39, 0.29) is 6.61 Å². The third kappa shape index (κ3) is 1.97. The van der Waals surface area contributed by atoms with Crippen molar-refractivity contribution in [3.05, 3.63) is 42.3 Å². The number of aryl methyl sites for hydroxylation is 1. The van der Waals surface area contributed by atoms with E-state index in [0.717, 1.165) is 46.9 Å². The Balaban J connectivity index is 2.03. The molecule has 3 heteroatoms. The van der Waals surface area contributed by atoms with Gasteiger partial charge in [0.15, 0.2) is 5.58 Å². The van der Waals surface area contributed by atoms with Crippen LogP contribution < -0.4 is 0 Å². The van der Waals surface area contributed by atoms with E-state index in [2.05, 4.69) is 17.1 Å². The molecule has 0 unspecified atom stereocenters. The smallest absolute Gasteiger partial charge is 0.153 e.